The fourth-order valence-corrected chi connectivity index (χ4v) is 4.10. The second kappa shape index (κ2) is 6.39. The lowest BCUT2D eigenvalue weighted by molar-refractivity contribution is -0.138. The van der Waals surface area contributed by atoms with Gasteiger partial charge in [0.15, 0.2) is 0 Å². The van der Waals surface area contributed by atoms with Crippen molar-refractivity contribution in [3.05, 3.63) is 64.7 Å². The van der Waals surface area contributed by atoms with Gasteiger partial charge in [-0.1, -0.05) is 30.3 Å². The molecule has 2 atom stereocenters. The van der Waals surface area contributed by atoms with Crippen LogP contribution < -0.4 is 5.32 Å². The molecule has 1 aliphatic carbocycles. The van der Waals surface area contributed by atoms with Crippen molar-refractivity contribution < 1.29 is 18.0 Å². The number of para-hydroxylation sites is 1. The highest BCUT2D eigenvalue weighted by molar-refractivity contribution is 7.18. The minimum absolute atomic E-state index is 0.208. The number of carbonyl (C=O) groups excluding carboxylic acids is 1. The number of amides is 1. The first-order chi connectivity index (χ1) is 12.4. The van der Waals surface area contributed by atoms with Crippen LogP contribution in [0.2, 0.25) is 0 Å². The van der Waals surface area contributed by atoms with Crippen molar-refractivity contribution in [3.63, 3.8) is 0 Å². The van der Waals surface area contributed by atoms with Crippen LogP contribution in [-0.2, 0) is 17.5 Å². The first kappa shape index (κ1) is 17.0. The molecule has 1 fully saturated rings. The monoisotopic (exact) mass is 376 g/mol. The van der Waals surface area contributed by atoms with Crippen LogP contribution in [0, 0.1) is 5.92 Å². The lowest BCUT2D eigenvalue weighted by Crippen LogP contribution is -2.25. The lowest BCUT2D eigenvalue weighted by Gasteiger charge is -2.12. The van der Waals surface area contributed by atoms with Crippen LogP contribution in [0.4, 0.5) is 13.2 Å². The van der Waals surface area contributed by atoms with Crippen molar-refractivity contribution in [1.82, 2.24) is 10.3 Å². The normalized spacial score (nSPS) is 19.5. The van der Waals surface area contributed by atoms with Gasteiger partial charge in [-0.2, -0.15) is 13.2 Å². The van der Waals surface area contributed by atoms with Crippen LogP contribution in [0.25, 0.3) is 10.2 Å². The summed E-state index contributed by atoms with van der Waals surface area (Å²) < 4.78 is 40.4. The molecule has 0 saturated heterocycles. The number of hydrogen-bond donors (Lipinski definition) is 1. The number of rotatable bonds is 4. The quantitative estimate of drug-likeness (QED) is 0.715. The van der Waals surface area contributed by atoms with E-state index in [4.69, 9.17) is 0 Å². The van der Waals surface area contributed by atoms with Gasteiger partial charge in [0.2, 0.25) is 5.91 Å². The maximum Gasteiger partial charge on any atom is 0.416 e. The molecule has 1 aliphatic rings. The summed E-state index contributed by atoms with van der Waals surface area (Å²) in [5.74, 6) is -0.998. The molecule has 0 spiro atoms. The van der Waals surface area contributed by atoms with Crippen LogP contribution in [0.5, 0.6) is 0 Å². The minimum atomic E-state index is -4.40. The zero-order valence-electron chi connectivity index (χ0n) is 13.6. The third kappa shape index (κ3) is 3.31. The number of nitrogens with zero attached hydrogens (tertiary/aromatic N) is 1. The van der Waals surface area contributed by atoms with E-state index in [-0.39, 0.29) is 17.4 Å². The molecule has 0 aliphatic heterocycles. The zero-order chi connectivity index (χ0) is 18.3. The molecule has 0 radical (unpaired) electrons. The van der Waals surface area contributed by atoms with Crippen molar-refractivity contribution in [2.45, 2.75) is 25.1 Å². The highest BCUT2D eigenvalue weighted by atomic mass is 32.1. The van der Waals surface area contributed by atoms with Gasteiger partial charge in [-0.15, -0.1) is 11.3 Å². The number of carbonyl (C=O) groups is 1. The summed E-state index contributed by atoms with van der Waals surface area (Å²) in [6.45, 7) is 0.294. The Balaban J connectivity index is 1.42. The number of halogens is 3. The summed E-state index contributed by atoms with van der Waals surface area (Å²) in [4.78, 5) is 16.8. The van der Waals surface area contributed by atoms with Gasteiger partial charge in [-0.05, 0) is 36.1 Å². The average molecular weight is 376 g/mol. The summed E-state index contributed by atoms with van der Waals surface area (Å²) >= 11 is 1.50. The average Bonchev–Trinajstić information content (AvgIpc) is 3.31. The maximum atomic E-state index is 13.1. The van der Waals surface area contributed by atoms with Gasteiger partial charge in [-0.3, -0.25) is 4.79 Å². The third-order valence-electron chi connectivity index (χ3n) is 4.54. The van der Waals surface area contributed by atoms with Crippen molar-refractivity contribution in [3.8, 4) is 0 Å². The summed E-state index contributed by atoms with van der Waals surface area (Å²) in [6.07, 6.45) is -3.96. The predicted molar refractivity (Wildman–Crippen MR) is 93.8 cm³/mol. The van der Waals surface area contributed by atoms with Crippen LogP contribution in [0.15, 0.2) is 48.5 Å². The van der Waals surface area contributed by atoms with E-state index in [9.17, 15) is 18.0 Å². The molecule has 1 aromatic heterocycles. The molecule has 7 heteroatoms. The fourth-order valence-electron chi connectivity index (χ4n) is 3.20. The van der Waals surface area contributed by atoms with Gasteiger partial charge in [0.1, 0.15) is 5.01 Å². The molecule has 26 heavy (non-hydrogen) atoms. The molecule has 3 nitrogen and oxygen atoms in total. The van der Waals surface area contributed by atoms with E-state index in [1.54, 1.807) is 6.07 Å². The SMILES string of the molecule is O=C(NCc1nc2ccccc2s1)[C@H]1C[C@@H]1c1ccccc1C(F)(F)F. The number of benzene rings is 2. The van der Waals surface area contributed by atoms with Crippen LogP contribution >= 0.6 is 11.3 Å². The number of nitrogens with one attached hydrogen (secondary N) is 1. The van der Waals surface area contributed by atoms with E-state index in [0.29, 0.717) is 13.0 Å². The predicted octanol–water partition coefficient (Wildman–Crippen LogP) is 4.74. The maximum absolute atomic E-state index is 13.1. The van der Waals surface area contributed by atoms with Gasteiger partial charge in [-0.25, -0.2) is 4.98 Å². The summed E-state index contributed by atoms with van der Waals surface area (Å²) in [5.41, 5.74) is 0.441. The minimum Gasteiger partial charge on any atom is -0.349 e. The number of aromatic nitrogens is 1. The number of hydrogen-bond acceptors (Lipinski definition) is 3. The molecule has 134 valence electrons. The Hall–Kier alpha value is -2.41. The van der Waals surface area contributed by atoms with Crippen molar-refractivity contribution in [1.29, 1.82) is 0 Å². The molecule has 2 aromatic carbocycles. The van der Waals surface area contributed by atoms with Crippen molar-refractivity contribution in [2.75, 3.05) is 0 Å². The van der Waals surface area contributed by atoms with E-state index in [1.807, 2.05) is 24.3 Å². The fraction of sp³-hybridized carbons (Fsp3) is 0.263. The molecular weight excluding hydrogens is 361 g/mol. The second-order valence-corrected chi connectivity index (χ2v) is 7.44. The highest BCUT2D eigenvalue weighted by Crippen LogP contribution is 2.51. The van der Waals surface area contributed by atoms with E-state index >= 15 is 0 Å². The Kier molecular flexibility index (Phi) is 4.19. The first-order valence-electron chi connectivity index (χ1n) is 8.22. The molecular formula is C19H15F3N2OS. The van der Waals surface area contributed by atoms with Gasteiger partial charge in [0.25, 0.3) is 0 Å². The van der Waals surface area contributed by atoms with Crippen LogP contribution in [-0.4, -0.2) is 10.9 Å². The lowest BCUT2D eigenvalue weighted by atomic mass is 10.0. The standard InChI is InChI=1S/C19H15F3N2OS/c20-19(21,22)14-6-2-1-5-11(14)12-9-13(12)18(25)23-10-17-24-15-7-3-4-8-16(15)26-17/h1-8,12-13H,9-10H2,(H,23,25)/t12-,13+/m1/s1. The van der Waals surface area contributed by atoms with E-state index in [2.05, 4.69) is 10.3 Å². The molecule has 0 bridgehead atoms. The Bertz CT molecular complexity index is 934. The zero-order valence-corrected chi connectivity index (χ0v) is 14.4. The molecule has 0 unspecified atom stereocenters. The van der Waals surface area contributed by atoms with Crippen LogP contribution in [0.1, 0.15) is 28.5 Å². The smallest absolute Gasteiger partial charge is 0.349 e. The summed E-state index contributed by atoms with van der Waals surface area (Å²) in [6, 6.07) is 13.2. The number of thiazole rings is 1. The van der Waals surface area contributed by atoms with Gasteiger partial charge >= 0.3 is 6.18 Å². The Morgan fingerprint density at radius 1 is 1.15 bits per heavy atom. The number of alkyl halides is 3. The van der Waals surface area contributed by atoms with Crippen molar-refractivity contribution in [2.24, 2.45) is 5.92 Å². The van der Waals surface area contributed by atoms with E-state index in [1.165, 1.54) is 23.5 Å². The third-order valence-corrected chi connectivity index (χ3v) is 5.58. The van der Waals surface area contributed by atoms with Crippen LogP contribution in [0.3, 0.4) is 0 Å². The Morgan fingerprint density at radius 2 is 1.88 bits per heavy atom. The molecule has 3 aromatic rings. The second-order valence-electron chi connectivity index (χ2n) is 6.33. The topological polar surface area (TPSA) is 42.0 Å². The summed E-state index contributed by atoms with van der Waals surface area (Å²) in [7, 11) is 0. The largest absolute Gasteiger partial charge is 0.416 e. The van der Waals surface area contributed by atoms with Gasteiger partial charge in [0, 0.05) is 5.92 Å². The van der Waals surface area contributed by atoms with Crippen molar-refractivity contribution >= 4 is 27.5 Å². The van der Waals surface area contributed by atoms with E-state index < -0.39 is 17.7 Å². The molecule has 4 rings (SSSR count). The molecule has 1 saturated carbocycles. The van der Waals surface area contributed by atoms with Gasteiger partial charge < -0.3 is 5.32 Å². The highest BCUT2D eigenvalue weighted by Gasteiger charge is 2.47. The Morgan fingerprint density at radius 3 is 2.65 bits per heavy atom. The summed E-state index contributed by atoms with van der Waals surface area (Å²) in [5, 5.41) is 3.59. The Labute approximate surface area is 151 Å². The van der Waals surface area contributed by atoms with E-state index in [0.717, 1.165) is 21.3 Å². The van der Waals surface area contributed by atoms with Gasteiger partial charge in [0.05, 0.1) is 22.3 Å². The molecule has 1 amide bonds. The molecule has 1 N–H and O–H groups in total. The first-order valence-corrected chi connectivity index (χ1v) is 9.03. The molecule has 1 heterocycles. The number of fused-ring (bicyclic) bond motifs is 1.